The van der Waals surface area contributed by atoms with Crippen LogP contribution in [-0.4, -0.2) is 34.8 Å². The van der Waals surface area contributed by atoms with E-state index in [4.69, 9.17) is 4.74 Å². The van der Waals surface area contributed by atoms with Crippen molar-refractivity contribution < 1.29 is 13.9 Å². The smallest absolute Gasteiger partial charge is 0.332 e. The molecule has 0 aromatic carbocycles. The van der Waals surface area contributed by atoms with Crippen LogP contribution in [0.15, 0.2) is 0 Å². The van der Waals surface area contributed by atoms with E-state index in [1.165, 1.54) is 0 Å². The molecular formula is C10H17FO2S2. The molecule has 1 rings (SSSR count). The molecule has 0 spiro atoms. The fourth-order valence-corrected chi connectivity index (χ4v) is 4.66. The zero-order valence-corrected chi connectivity index (χ0v) is 10.6. The maximum atomic E-state index is 12.2. The van der Waals surface area contributed by atoms with Gasteiger partial charge in [-0.1, -0.05) is 0 Å². The Bertz CT molecular complexity index is 206. The number of hydrogen-bond acceptors (Lipinski definition) is 4. The highest BCUT2D eigenvalue weighted by atomic mass is 32.2. The Kier molecular flexibility index (Phi) is 5.82. The standard InChI is InChI=1S/C10H17FO2S2/c1-2-13-9(12)10(5-3-6-11)14-7-4-8-15-10/h2-8H2,1H3. The van der Waals surface area contributed by atoms with Gasteiger partial charge < -0.3 is 4.74 Å². The Morgan fingerprint density at radius 3 is 2.67 bits per heavy atom. The van der Waals surface area contributed by atoms with Gasteiger partial charge in [0, 0.05) is 0 Å². The van der Waals surface area contributed by atoms with E-state index < -0.39 is 4.08 Å². The van der Waals surface area contributed by atoms with Crippen LogP contribution in [0.3, 0.4) is 0 Å². The van der Waals surface area contributed by atoms with Gasteiger partial charge in [-0.3, -0.25) is 4.39 Å². The summed E-state index contributed by atoms with van der Waals surface area (Å²) in [5, 5.41) is 0. The molecule has 0 unspecified atom stereocenters. The molecule has 2 nitrogen and oxygen atoms in total. The first kappa shape index (κ1) is 13.2. The van der Waals surface area contributed by atoms with Gasteiger partial charge in [-0.2, -0.15) is 0 Å². The Morgan fingerprint density at radius 2 is 2.13 bits per heavy atom. The minimum absolute atomic E-state index is 0.173. The molecule has 0 amide bonds. The van der Waals surface area contributed by atoms with Crippen molar-refractivity contribution in [3.8, 4) is 0 Å². The van der Waals surface area contributed by atoms with Gasteiger partial charge in [-0.05, 0) is 37.7 Å². The van der Waals surface area contributed by atoms with Crippen LogP contribution in [0.1, 0.15) is 26.2 Å². The molecular weight excluding hydrogens is 235 g/mol. The molecule has 1 aliphatic heterocycles. The van der Waals surface area contributed by atoms with Crippen LogP contribution in [0.25, 0.3) is 0 Å². The summed E-state index contributed by atoms with van der Waals surface area (Å²) >= 11 is 3.24. The third-order valence-corrected chi connectivity index (χ3v) is 5.55. The van der Waals surface area contributed by atoms with Crippen molar-refractivity contribution >= 4 is 29.5 Å². The molecule has 88 valence electrons. The van der Waals surface area contributed by atoms with Gasteiger partial charge in [-0.25, -0.2) is 4.79 Å². The molecule has 15 heavy (non-hydrogen) atoms. The zero-order chi connectivity index (χ0) is 11.1. The Balaban J connectivity index is 2.61. The minimum atomic E-state index is -0.527. The van der Waals surface area contributed by atoms with Crippen LogP contribution < -0.4 is 0 Å². The van der Waals surface area contributed by atoms with Gasteiger partial charge in [-0.15, -0.1) is 23.5 Å². The van der Waals surface area contributed by atoms with Gasteiger partial charge in [0.2, 0.25) is 0 Å². The first-order valence-electron chi connectivity index (χ1n) is 5.26. The Hall–Kier alpha value is 0.1000. The first-order valence-corrected chi connectivity index (χ1v) is 7.23. The number of thioether (sulfide) groups is 2. The lowest BCUT2D eigenvalue weighted by atomic mass is 10.2. The highest BCUT2D eigenvalue weighted by molar-refractivity contribution is 8.19. The molecule has 1 aliphatic rings. The van der Waals surface area contributed by atoms with E-state index in [0.717, 1.165) is 17.9 Å². The monoisotopic (exact) mass is 252 g/mol. The summed E-state index contributed by atoms with van der Waals surface area (Å²) in [6.07, 6.45) is 2.14. The van der Waals surface area contributed by atoms with E-state index in [1.54, 1.807) is 30.4 Å². The number of esters is 1. The summed E-state index contributed by atoms with van der Waals surface area (Å²) in [5.74, 6) is 1.77. The number of ether oxygens (including phenoxy) is 1. The number of carbonyl (C=O) groups excluding carboxylic acids is 1. The number of halogens is 1. The molecule has 0 saturated carbocycles. The highest BCUT2D eigenvalue weighted by Gasteiger charge is 2.42. The van der Waals surface area contributed by atoms with Crippen LogP contribution in [0, 0.1) is 0 Å². The zero-order valence-electron chi connectivity index (χ0n) is 8.96. The molecule has 1 fully saturated rings. The summed E-state index contributed by atoms with van der Waals surface area (Å²) < 4.78 is 16.7. The molecule has 0 aromatic heterocycles. The van der Waals surface area contributed by atoms with E-state index in [0.29, 0.717) is 19.4 Å². The van der Waals surface area contributed by atoms with E-state index in [-0.39, 0.29) is 12.6 Å². The lowest BCUT2D eigenvalue weighted by Gasteiger charge is -2.33. The van der Waals surface area contributed by atoms with Crippen molar-refractivity contribution in [3.05, 3.63) is 0 Å². The molecule has 0 N–H and O–H groups in total. The second-order valence-electron chi connectivity index (χ2n) is 3.32. The minimum Gasteiger partial charge on any atom is -0.464 e. The lowest BCUT2D eigenvalue weighted by Crippen LogP contribution is -2.36. The maximum Gasteiger partial charge on any atom is 0.332 e. The van der Waals surface area contributed by atoms with Crippen LogP contribution >= 0.6 is 23.5 Å². The molecule has 0 aromatic rings. The van der Waals surface area contributed by atoms with Gasteiger partial charge in [0.1, 0.15) is 0 Å². The van der Waals surface area contributed by atoms with Crippen molar-refractivity contribution in [1.29, 1.82) is 0 Å². The fraction of sp³-hybridized carbons (Fsp3) is 0.900. The van der Waals surface area contributed by atoms with Crippen molar-refractivity contribution in [3.63, 3.8) is 0 Å². The highest BCUT2D eigenvalue weighted by Crippen LogP contribution is 2.46. The van der Waals surface area contributed by atoms with Crippen LogP contribution in [0.2, 0.25) is 0 Å². The third kappa shape index (κ3) is 3.55. The van der Waals surface area contributed by atoms with Gasteiger partial charge in [0.15, 0.2) is 4.08 Å². The Labute approximate surface area is 98.7 Å². The fourth-order valence-electron chi connectivity index (χ4n) is 1.48. The molecule has 1 saturated heterocycles. The third-order valence-electron chi connectivity index (χ3n) is 2.19. The van der Waals surface area contributed by atoms with E-state index in [1.807, 2.05) is 0 Å². The van der Waals surface area contributed by atoms with Crippen molar-refractivity contribution in [2.45, 2.75) is 30.3 Å². The summed E-state index contributed by atoms with van der Waals surface area (Å²) in [5.41, 5.74) is 0. The summed E-state index contributed by atoms with van der Waals surface area (Å²) in [4.78, 5) is 11.8. The van der Waals surface area contributed by atoms with Crippen molar-refractivity contribution in [2.24, 2.45) is 0 Å². The first-order chi connectivity index (χ1) is 7.25. The molecule has 5 heteroatoms. The summed E-state index contributed by atoms with van der Waals surface area (Å²) in [6.45, 7) is 1.85. The second-order valence-corrected chi connectivity index (χ2v) is 6.36. The van der Waals surface area contributed by atoms with E-state index in [9.17, 15) is 9.18 Å². The normalized spacial score (nSPS) is 19.9. The predicted octanol–water partition coefficient (Wildman–Crippen LogP) is 2.87. The number of carbonyl (C=O) groups is 1. The van der Waals surface area contributed by atoms with Crippen LogP contribution in [-0.2, 0) is 9.53 Å². The summed E-state index contributed by atoms with van der Waals surface area (Å²) in [6, 6.07) is 0. The molecule has 0 aliphatic carbocycles. The van der Waals surface area contributed by atoms with E-state index in [2.05, 4.69) is 0 Å². The lowest BCUT2D eigenvalue weighted by molar-refractivity contribution is -0.143. The summed E-state index contributed by atoms with van der Waals surface area (Å²) in [7, 11) is 0. The SMILES string of the molecule is CCOC(=O)C1(CCCF)SCCCS1. The number of hydrogen-bond donors (Lipinski definition) is 0. The largest absolute Gasteiger partial charge is 0.464 e. The van der Waals surface area contributed by atoms with Crippen LogP contribution in [0.5, 0.6) is 0 Å². The predicted molar refractivity (Wildman–Crippen MR) is 64.1 cm³/mol. The van der Waals surface area contributed by atoms with Crippen molar-refractivity contribution in [1.82, 2.24) is 0 Å². The van der Waals surface area contributed by atoms with E-state index >= 15 is 0 Å². The van der Waals surface area contributed by atoms with Gasteiger partial charge in [0.05, 0.1) is 13.3 Å². The molecule has 0 bridgehead atoms. The van der Waals surface area contributed by atoms with Crippen LogP contribution in [0.4, 0.5) is 4.39 Å². The van der Waals surface area contributed by atoms with Gasteiger partial charge >= 0.3 is 5.97 Å². The number of alkyl halides is 1. The maximum absolute atomic E-state index is 12.2. The molecule has 0 radical (unpaired) electrons. The average molecular weight is 252 g/mol. The average Bonchev–Trinajstić information content (AvgIpc) is 2.28. The molecule has 0 atom stereocenters. The topological polar surface area (TPSA) is 26.3 Å². The Morgan fingerprint density at radius 1 is 1.47 bits per heavy atom. The molecule has 1 heterocycles. The second kappa shape index (κ2) is 6.63. The quantitative estimate of drug-likeness (QED) is 0.703. The number of rotatable bonds is 5. The van der Waals surface area contributed by atoms with Crippen molar-refractivity contribution in [2.75, 3.05) is 24.8 Å². The van der Waals surface area contributed by atoms with Gasteiger partial charge in [0.25, 0.3) is 0 Å².